The van der Waals surface area contributed by atoms with Crippen LogP contribution in [0.15, 0.2) is 59.3 Å². The molecule has 174 valence electrons. The molecule has 6 rings (SSSR count). The van der Waals surface area contributed by atoms with Gasteiger partial charge in [0.2, 0.25) is 0 Å². The van der Waals surface area contributed by atoms with Gasteiger partial charge in [-0.2, -0.15) is 0 Å². The standard InChI is InChI=1S/C22H17N9O2S2/c32-18(13-35-22-28-27-21-26-25-15-6-1-2-7-17(15)31(21)22)29-9-4-10-30(29)20(33)16-12-34-19(24-16)14-5-3-8-23-11-14/h1-3,5-8,11-12H,4,9-10,13H2. The van der Waals surface area contributed by atoms with Crippen LogP contribution in [-0.2, 0) is 4.79 Å². The molecule has 0 spiro atoms. The lowest BCUT2D eigenvalue weighted by Crippen LogP contribution is -2.45. The molecule has 1 aliphatic rings. The van der Waals surface area contributed by atoms with Crippen LogP contribution >= 0.6 is 23.1 Å². The van der Waals surface area contributed by atoms with E-state index in [0.717, 1.165) is 11.1 Å². The molecule has 1 saturated heterocycles. The number of para-hydroxylation sites is 1. The smallest absolute Gasteiger partial charge is 0.272 e. The summed E-state index contributed by atoms with van der Waals surface area (Å²) in [4.78, 5) is 34.9. The highest BCUT2D eigenvalue weighted by Crippen LogP contribution is 2.26. The number of thiazole rings is 1. The van der Waals surface area contributed by atoms with E-state index < -0.39 is 0 Å². The maximum atomic E-state index is 13.2. The monoisotopic (exact) mass is 503 g/mol. The van der Waals surface area contributed by atoms with Crippen LogP contribution in [0, 0.1) is 0 Å². The predicted octanol–water partition coefficient (Wildman–Crippen LogP) is 2.57. The number of rotatable bonds is 5. The molecule has 13 heteroatoms. The molecule has 5 heterocycles. The molecular weight excluding hydrogens is 486 g/mol. The fraction of sp³-hybridized carbons (Fsp3) is 0.182. The Labute approximate surface area is 206 Å². The van der Waals surface area contributed by atoms with Crippen LogP contribution in [0.3, 0.4) is 0 Å². The summed E-state index contributed by atoms with van der Waals surface area (Å²) < 4.78 is 1.78. The fourth-order valence-corrected chi connectivity index (χ4v) is 5.47. The highest BCUT2D eigenvalue weighted by atomic mass is 32.2. The van der Waals surface area contributed by atoms with Gasteiger partial charge >= 0.3 is 0 Å². The molecule has 4 aromatic heterocycles. The van der Waals surface area contributed by atoms with E-state index in [9.17, 15) is 9.59 Å². The number of thioether (sulfide) groups is 1. The van der Waals surface area contributed by atoms with E-state index in [-0.39, 0.29) is 17.6 Å². The fourth-order valence-electron chi connectivity index (χ4n) is 3.88. The summed E-state index contributed by atoms with van der Waals surface area (Å²) in [5.41, 5.74) is 2.68. The number of amides is 2. The minimum absolute atomic E-state index is 0.0965. The third kappa shape index (κ3) is 3.98. The van der Waals surface area contributed by atoms with Crippen molar-refractivity contribution >= 4 is 51.7 Å². The topological polar surface area (TPSA) is 122 Å². The molecule has 0 N–H and O–H groups in total. The first-order valence-corrected chi connectivity index (χ1v) is 12.6. The zero-order valence-electron chi connectivity index (χ0n) is 18.2. The first kappa shape index (κ1) is 21.6. The minimum Gasteiger partial charge on any atom is -0.272 e. The summed E-state index contributed by atoms with van der Waals surface area (Å²) in [6.07, 6.45) is 4.10. The van der Waals surface area contributed by atoms with Crippen LogP contribution in [0.2, 0.25) is 0 Å². The Hall–Kier alpha value is -3.97. The van der Waals surface area contributed by atoms with Crippen LogP contribution in [0.5, 0.6) is 0 Å². The Morgan fingerprint density at radius 2 is 1.86 bits per heavy atom. The van der Waals surface area contributed by atoms with Crippen molar-refractivity contribution in [2.24, 2.45) is 0 Å². The number of aromatic nitrogens is 7. The first-order chi connectivity index (χ1) is 17.2. The van der Waals surface area contributed by atoms with Crippen molar-refractivity contribution in [3.05, 3.63) is 59.9 Å². The van der Waals surface area contributed by atoms with E-state index in [4.69, 9.17) is 0 Å². The highest BCUT2D eigenvalue weighted by Gasteiger charge is 2.32. The van der Waals surface area contributed by atoms with Gasteiger partial charge in [-0.1, -0.05) is 23.9 Å². The van der Waals surface area contributed by atoms with Gasteiger partial charge < -0.3 is 0 Å². The molecule has 1 aliphatic heterocycles. The molecule has 0 atom stereocenters. The molecule has 11 nitrogen and oxygen atoms in total. The summed E-state index contributed by atoms with van der Waals surface area (Å²) in [7, 11) is 0. The largest absolute Gasteiger partial charge is 0.291 e. The molecule has 1 aromatic carbocycles. The zero-order valence-corrected chi connectivity index (χ0v) is 19.8. The van der Waals surface area contributed by atoms with Gasteiger partial charge in [-0.25, -0.2) is 9.99 Å². The lowest BCUT2D eigenvalue weighted by Gasteiger charge is -2.27. The van der Waals surface area contributed by atoms with Gasteiger partial charge in [0, 0.05) is 36.4 Å². The van der Waals surface area contributed by atoms with Crippen LogP contribution in [0.4, 0.5) is 0 Å². The average molecular weight is 504 g/mol. The minimum atomic E-state index is -0.290. The van der Waals surface area contributed by atoms with Crippen molar-refractivity contribution in [1.29, 1.82) is 0 Å². The van der Waals surface area contributed by atoms with Crippen molar-refractivity contribution < 1.29 is 9.59 Å². The van der Waals surface area contributed by atoms with Crippen molar-refractivity contribution in [3.8, 4) is 10.6 Å². The molecule has 35 heavy (non-hydrogen) atoms. The third-order valence-electron chi connectivity index (χ3n) is 5.50. The van der Waals surface area contributed by atoms with E-state index in [0.29, 0.717) is 46.7 Å². The maximum absolute atomic E-state index is 13.2. The van der Waals surface area contributed by atoms with Gasteiger partial charge in [-0.05, 0) is 30.7 Å². The molecular formula is C22H17N9O2S2. The summed E-state index contributed by atoms with van der Waals surface area (Å²) >= 11 is 2.62. The summed E-state index contributed by atoms with van der Waals surface area (Å²) in [5, 5.41) is 22.4. The third-order valence-corrected chi connectivity index (χ3v) is 7.30. The molecule has 0 unspecified atom stereocenters. The summed E-state index contributed by atoms with van der Waals surface area (Å²) in [6, 6.07) is 11.3. The van der Waals surface area contributed by atoms with Crippen molar-refractivity contribution in [2.45, 2.75) is 11.6 Å². The number of hydrogen-bond acceptors (Lipinski definition) is 10. The average Bonchev–Trinajstić information content (AvgIpc) is 3.67. The number of nitrogens with zero attached hydrogens (tertiary/aromatic N) is 9. The summed E-state index contributed by atoms with van der Waals surface area (Å²) in [5.74, 6) is -0.0168. The molecule has 0 saturated carbocycles. The Morgan fingerprint density at radius 1 is 1.00 bits per heavy atom. The number of carbonyl (C=O) groups is 2. The maximum Gasteiger partial charge on any atom is 0.291 e. The van der Waals surface area contributed by atoms with Crippen LogP contribution in [-0.4, -0.2) is 75.4 Å². The molecule has 0 bridgehead atoms. The molecule has 5 aromatic rings. The SMILES string of the molecule is O=C(CSc1nnc2nnc3ccccc3n12)N1CCCN1C(=O)c1csc(-c2cccnc2)n1. The quantitative estimate of drug-likeness (QED) is 0.333. The van der Waals surface area contributed by atoms with Crippen LogP contribution < -0.4 is 0 Å². The normalized spacial score (nSPS) is 13.7. The van der Waals surface area contributed by atoms with E-state index >= 15 is 0 Å². The van der Waals surface area contributed by atoms with Gasteiger partial charge in [0.25, 0.3) is 17.6 Å². The lowest BCUT2D eigenvalue weighted by molar-refractivity contribution is -0.137. The first-order valence-electron chi connectivity index (χ1n) is 10.8. The van der Waals surface area contributed by atoms with E-state index in [1.54, 1.807) is 22.2 Å². The molecule has 0 radical (unpaired) electrons. The Bertz CT molecular complexity index is 1550. The predicted molar refractivity (Wildman–Crippen MR) is 130 cm³/mol. The summed E-state index contributed by atoms with van der Waals surface area (Å²) in [6.45, 7) is 0.933. The number of benzene rings is 1. The number of hydrogen-bond donors (Lipinski definition) is 0. The van der Waals surface area contributed by atoms with Crippen molar-refractivity contribution in [2.75, 3.05) is 18.8 Å². The van der Waals surface area contributed by atoms with Gasteiger partial charge in [0.05, 0.1) is 11.3 Å². The second-order valence-corrected chi connectivity index (χ2v) is 9.47. The van der Waals surface area contributed by atoms with Crippen molar-refractivity contribution in [1.82, 2.24) is 44.8 Å². The van der Waals surface area contributed by atoms with Gasteiger partial charge in [0.1, 0.15) is 16.2 Å². The molecule has 2 amide bonds. The highest BCUT2D eigenvalue weighted by molar-refractivity contribution is 7.99. The van der Waals surface area contributed by atoms with Gasteiger partial charge in [-0.15, -0.1) is 31.7 Å². The number of carbonyl (C=O) groups excluding carboxylic acids is 2. The van der Waals surface area contributed by atoms with E-state index in [1.165, 1.54) is 33.1 Å². The number of pyridine rings is 1. The van der Waals surface area contributed by atoms with Crippen LogP contribution in [0.1, 0.15) is 16.9 Å². The Balaban J connectivity index is 1.18. The second-order valence-electron chi connectivity index (χ2n) is 7.67. The Kier molecular flexibility index (Phi) is 5.54. The second kappa shape index (κ2) is 9.00. The number of hydrazine groups is 1. The number of fused-ring (bicyclic) bond motifs is 3. The van der Waals surface area contributed by atoms with Gasteiger partial charge in [-0.3, -0.25) is 24.0 Å². The van der Waals surface area contributed by atoms with Crippen molar-refractivity contribution in [3.63, 3.8) is 0 Å². The molecule has 1 fully saturated rings. The van der Waals surface area contributed by atoms with E-state index in [1.807, 2.05) is 36.4 Å². The molecule has 0 aliphatic carbocycles. The van der Waals surface area contributed by atoms with Crippen LogP contribution in [0.25, 0.3) is 27.4 Å². The zero-order chi connectivity index (χ0) is 23.8. The van der Waals surface area contributed by atoms with Gasteiger partial charge in [0.15, 0.2) is 5.16 Å². The Morgan fingerprint density at radius 3 is 2.74 bits per heavy atom. The van der Waals surface area contributed by atoms with E-state index in [2.05, 4.69) is 30.4 Å². The lowest BCUT2D eigenvalue weighted by atomic mass is 10.3.